The highest BCUT2D eigenvalue weighted by Gasteiger charge is 2.08. The molecule has 0 heterocycles. The molecular formula is C19H21FN2O3. The van der Waals surface area contributed by atoms with E-state index in [2.05, 4.69) is 10.6 Å². The molecule has 0 fully saturated rings. The molecule has 0 unspecified atom stereocenters. The van der Waals surface area contributed by atoms with E-state index in [0.29, 0.717) is 30.8 Å². The maximum Gasteiger partial charge on any atom is 0.221 e. The van der Waals surface area contributed by atoms with E-state index in [9.17, 15) is 14.0 Å². The quantitative estimate of drug-likeness (QED) is 0.811. The highest BCUT2D eigenvalue weighted by molar-refractivity contribution is 5.88. The van der Waals surface area contributed by atoms with Crippen molar-refractivity contribution in [3.8, 4) is 5.75 Å². The van der Waals surface area contributed by atoms with Crippen molar-refractivity contribution in [2.75, 3.05) is 12.4 Å². The van der Waals surface area contributed by atoms with Crippen molar-refractivity contribution >= 4 is 17.5 Å². The number of hydrogen-bond acceptors (Lipinski definition) is 3. The third kappa shape index (κ3) is 5.91. The molecule has 2 aromatic rings. The zero-order valence-corrected chi connectivity index (χ0v) is 14.3. The summed E-state index contributed by atoms with van der Waals surface area (Å²) in [5.74, 6) is 0.0584. The molecule has 0 aromatic heterocycles. The molecule has 25 heavy (non-hydrogen) atoms. The van der Waals surface area contributed by atoms with Gasteiger partial charge in [0.15, 0.2) is 0 Å². The second-order valence-corrected chi connectivity index (χ2v) is 5.61. The third-order valence-electron chi connectivity index (χ3n) is 3.63. The van der Waals surface area contributed by atoms with Crippen molar-refractivity contribution in [1.82, 2.24) is 5.32 Å². The summed E-state index contributed by atoms with van der Waals surface area (Å²) >= 11 is 0. The van der Waals surface area contributed by atoms with Crippen molar-refractivity contribution in [2.45, 2.75) is 26.3 Å². The van der Waals surface area contributed by atoms with Crippen molar-refractivity contribution in [2.24, 2.45) is 0 Å². The summed E-state index contributed by atoms with van der Waals surface area (Å²) in [6.45, 7) is 1.72. The molecule has 6 heteroatoms. The van der Waals surface area contributed by atoms with Crippen molar-refractivity contribution in [3.63, 3.8) is 0 Å². The van der Waals surface area contributed by atoms with E-state index in [1.54, 1.807) is 37.4 Å². The maximum absolute atomic E-state index is 12.9. The Morgan fingerprint density at radius 3 is 2.48 bits per heavy atom. The van der Waals surface area contributed by atoms with Crippen LogP contribution in [0.1, 0.15) is 24.5 Å². The number of hydrogen-bond donors (Lipinski definition) is 2. The molecular weight excluding hydrogens is 323 g/mol. The van der Waals surface area contributed by atoms with Crippen LogP contribution in [-0.2, 0) is 22.6 Å². The van der Waals surface area contributed by atoms with Gasteiger partial charge in [-0.1, -0.05) is 12.1 Å². The van der Waals surface area contributed by atoms with E-state index in [1.807, 2.05) is 0 Å². The number of nitrogens with one attached hydrogen (secondary N) is 2. The first-order chi connectivity index (χ1) is 12.0. The fourth-order valence-corrected chi connectivity index (χ4v) is 2.39. The van der Waals surface area contributed by atoms with Crippen LogP contribution < -0.4 is 15.4 Å². The summed E-state index contributed by atoms with van der Waals surface area (Å²) in [4.78, 5) is 23.2. The van der Waals surface area contributed by atoms with Crippen LogP contribution >= 0.6 is 0 Å². The molecule has 132 valence electrons. The number of anilines is 1. The first-order valence-electron chi connectivity index (χ1n) is 7.93. The molecule has 2 aromatic carbocycles. The van der Waals surface area contributed by atoms with Gasteiger partial charge in [0.1, 0.15) is 11.6 Å². The van der Waals surface area contributed by atoms with Gasteiger partial charge in [-0.15, -0.1) is 0 Å². The molecule has 2 amide bonds. The van der Waals surface area contributed by atoms with Gasteiger partial charge >= 0.3 is 0 Å². The molecule has 0 aliphatic carbocycles. The fourth-order valence-electron chi connectivity index (χ4n) is 2.39. The van der Waals surface area contributed by atoms with Crippen LogP contribution in [0, 0.1) is 5.82 Å². The molecule has 0 bridgehead atoms. The number of carbonyl (C=O) groups excluding carboxylic acids is 2. The minimum atomic E-state index is -0.292. The average molecular weight is 344 g/mol. The summed E-state index contributed by atoms with van der Waals surface area (Å²) in [5.41, 5.74) is 2.31. The van der Waals surface area contributed by atoms with Crippen LogP contribution in [0.25, 0.3) is 0 Å². The van der Waals surface area contributed by atoms with Crippen molar-refractivity contribution in [3.05, 3.63) is 59.4 Å². The minimum Gasteiger partial charge on any atom is -0.496 e. The van der Waals surface area contributed by atoms with E-state index < -0.39 is 0 Å². The Morgan fingerprint density at radius 2 is 1.84 bits per heavy atom. The van der Waals surface area contributed by atoms with Gasteiger partial charge in [0, 0.05) is 31.1 Å². The number of methoxy groups -OCH3 is 1. The van der Waals surface area contributed by atoms with Gasteiger partial charge in [-0.3, -0.25) is 9.59 Å². The highest BCUT2D eigenvalue weighted by atomic mass is 19.1. The molecule has 0 saturated heterocycles. The van der Waals surface area contributed by atoms with Crippen LogP contribution in [0.2, 0.25) is 0 Å². The maximum atomic E-state index is 12.9. The number of amides is 2. The fraction of sp³-hybridized carbons (Fsp3) is 0.263. The number of carbonyl (C=O) groups is 2. The molecule has 0 aliphatic heterocycles. The SMILES string of the molecule is COc1ccc(NC(C)=O)cc1CNC(=O)CCc1ccc(F)cc1. The van der Waals surface area contributed by atoms with Gasteiger partial charge in [0.2, 0.25) is 11.8 Å². The van der Waals surface area contributed by atoms with Crippen LogP contribution in [-0.4, -0.2) is 18.9 Å². The largest absolute Gasteiger partial charge is 0.496 e. The first-order valence-corrected chi connectivity index (χ1v) is 7.93. The van der Waals surface area contributed by atoms with E-state index in [0.717, 1.165) is 11.1 Å². The molecule has 0 saturated carbocycles. The Morgan fingerprint density at radius 1 is 1.12 bits per heavy atom. The van der Waals surface area contributed by atoms with Crippen LogP contribution in [0.4, 0.5) is 10.1 Å². The Hall–Kier alpha value is -2.89. The lowest BCUT2D eigenvalue weighted by Gasteiger charge is -2.12. The predicted octanol–water partition coefficient (Wildman–Crippen LogP) is 3.04. The summed E-state index contributed by atoms with van der Waals surface area (Å²) < 4.78 is 18.1. The van der Waals surface area contributed by atoms with E-state index in [4.69, 9.17) is 4.74 Å². The van der Waals surface area contributed by atoms with E-state index in [-0.39, 0.29) is 17.6 Å². The van der Waals surface area contributed by atoms with Crippen LogP contribution in [0.3, 0.4) is 0 Å². The Kier molecular flexibility index (Phi) is 6.51. The molecule has 0 aliphatic rings. The second-order valence-electron chi connectivity index (χ2n) is 5.61. The lowest BCUT2D eigenvalue weighted by Crippen LogP contribution is -2.23. The van der Waals surface area contributed by atoms with Crippen LogP contribution in [0.5, 0.6) is 5.75 Å². The number of ether oxygens (including phenoxy) is 1. The standard InChI is InChI=1S/C19H21FN2O3/c1-13(23)22-17-8-9-18(25-2)15(11-17)12-21-19(24)10-5-14-3-6-16(20)7-4-14/h3-4,6-9,11H,5,10,12H2,1-2H3,(H,21,24)(H,22,23). The van der Waals surface area contributed by atoms with Gasteiger partial charge in [0.05, 0.1) is 7.11 Å². The lowest BCUT2D eigenvalue weighted by atomic mass is 10.1. The molecule has 0 spiro atoms. The number of benzene rings is 2. The normalized spacial score (nSPS) is 10.2. The Balaban J connectivity index is 1.91. The van der Waals surface area contributed by atoms with E-state index >= 15 is 0 Å². The molecule has 5 nitrogen and oxygen atoms in total. The zero-order valence-electron chi connectivity index (χ0n) is 14.3. The number of halogens is 1. The van der Waals surface area contributed by atoms with Gasteiger partial charge in [-0.25, -0.2) is 4.39 Å². The Labute approximate surface area is 146 Å². The number of aryl methyl sites for hydroxylation is 1. The van der Waals surface area contributed by atoms with Gasteiger partial charge < -0.3 is 15.4 Å². The predicted molar refractivity (Wildman–Crippen MR) is 93.9 cm³/mol. The highest BCUT2D eigenvalue weighted by Crippen LogP contribution is 2.22. The van der Waals surface area contributed by atoms with Gasteiger partial charge in [-0.2, -0.15) is 0 Å². The topological polar surface area (TPSA) is 67.4 Å². The molecule has 2 N–H and O–H groups in total. The molecule has 0 radical (unpaired) electrons. The average Bonchev–Trinajstić information content (AvgIpc) is 2.59. The third-order valence-corrected chi connectivity index (χ3v) is 3.63. The summed E-state index contributed by atoms with van der Waals surface area (Å²) in [6, 6.07) is 11.3. The molecule has 0 atom stereocenters. The van der Waals surface area contributed by atoms with Crippen LogP contribution in [0.15, 0.2) is 42.5 Å². The Bertz CT molecular complexity index is 745. The monoisotopic (exact) mass is 344 g/mol. The summed E-state index contributed by atoms with van der Waals surface area (Å²) in [5, 5.41) is 5.53. The zero-order chi connectivity index (χ0) is 18.2. The smallest absolute Gasteiger partial charge is 0.221 e. The minimum absolute atomic E-state index is 0.115. The van der Waals surface area contributed by atoms with Gasteiger partial charge in [0.25, 0.3) is 0 Å². The van der Waals surface area contributed by atoms with E-state index in [1.165, 1.54) is 19.1 Å². The number of rotatable bonds is 7. The summed E-state index contributed by atoms with van der Waals surface area (Å²) in [6.07, 6.45) is 0.842. The first kappa shape index (κ1) is 18.4. The lowest BCUT2D eigenvalue weighted by molar-refractivity contribution is -0.121. The summed E-state index contributed by atoms with van der Waals surface area (Å²) in [7, 11) is 1.55. The van der Waals surface area contributed by atoms with Gasteiger partial charge in [-0.05, 0) is 42.3 Å². The van der Waals surface area contributed by atoms with Crippen molar-refractivity contribution in [1.29, 1.82) is 0 Å². The molecule has 2 rings (SSSR count). The van der Waals surface area contributed by atoms with Crippen molar-refractivity contribution < 1.29 is 18.7 Å². The second kappa shape index (κ2) is 8.82.